The van der Waals surface area contributed by atoms with Gasteiger partial charge in [-0.2, -0.15) is 0 Å². The molecule has 31 heavy (non-hydrogen) atoms. The highest BCUT2D eigenvalue weighted by Gasteiger charge is 2.20. The Morgan fingerprint density at radius 3 is 2.74 bits per heavy atom. The fourth-order valence-corrected chi connectivity index (χ4v) is 3.98. The number of rotatable bonds is 9. The van der Waals surface area contributed by atoms with Crippen LogP contribution < -0.4 is 10.1 Å². The molecule has 0 saturated carbocycles. The minimum absolute atomic E-state index is 0.146. The first kappa shape index (κ1) is 22.8. The SMILES string of the molecule is C=CCn1c(SCC(=O)Nc2cccnc2Cl)nnc1C(C)Oc1cc(C)cc(C)c1. The first-order valence-electron chi connectivity index (χ1n) is 9.69. The molecule has 0 aliphatic rings. The maximum Gasteiger partial charge on any atom is 0.234 e. The highest BCUT2D eigenvalue weighted by Crippen LogP contribution is 2.26. The van der Waals surface area contributed by atoms with E-state index in [4.69, 9.17) is 16.3 Å². The molecule has 3 rings (SSSR count). The molecule has 1 aromatic carbocycles. The van der Waals surface area contributed by atoms with Gasteiger partial charge in [-0.3, -0.25) is 9.36 Å². The predicted molar refractivity (Wildman–Crippen MR) is 124 cm³/mol. The fourth-order valence-electron chi connectivity index (χ4n) is 3.06. The van der Waals surface area contributed by atoms with E-state index in [0.717, 1.165) is 16.9 Å². The summed E-state index contributed by atoms with van der Waals surface area (Å²) in [5, 5.41) is 12.2. The summed E-state index contributed by atoms with van der Waals surface area (Å²) in [6.07, 6.45) is 2.99. The van der Waals surface area contributed by atoms with Gasteiger partial charge in [0.05, 0.1) is 11.4 Å². The maximum absolute atomic E-state index is 12.3. The lowest BCUT2D eigenvalue weighted by Gasteiger charge is -2.16. The van der Waals surface area contributed by atoms with Crippen LogP contribution in [0.1, 0.15) is 30.0 Å². The zero-order valence-corrected chi connectivity index (χ0v) is 19.2. The lowest BCUT2D eigenvalue weighted by molar-refractivity contribution is -0.113. The molecule has 0 aliphatic carbocycles. The lowest BCUT2D eigenvalue weighted by Crippen LogP contribution is -2.16. The summed E-state index contributed by atoms with van der Waals surface area (Å²) in [4.78, 5) is 16.3. The smallest absolute Gasteiger partial charge is 0.234 e. The van der Waals surface area contributed by atoms with Gasteiger partial charge in [0.1, 0.15) is 5.75 Å². The van der Waals surface area contributed by atoms with Gasteiger partial charge in [-0.25, -0.2) is 4.98 Å². The van der Waals surface area contributed by atoms with Crippen molar-refractivity contribution < 1.29 is 9.53 Å². The highest BCUT2D eigenvalue weighted by atomic mass is 35.5. The van der Waals surface area contributed by atoms with Gasteiger partial charge in [-0.05, 0) is 56.2 Å². The van der Waals surface area contributed by atoms with Crippen molar-refractivity contribution in [2.45, 2.75) is 38.6 Å². The monoisotopic (exact) mass is 457 g/mol. The average molecular weight is 458 g/mol. The van der Waals surface area contributed by atoms with Crippen molar-refractivity contribution >= 4 is 35.0 Å². The third-order valence-corrected chi connectivity index (χ3v) is 5.56. The number of halogens is 1. The highest BCUT2D eigenvalue weighted by molar-refractivity contribution is 7.99. The predicted octanol–water partition coefficient (Wildman–Crippen LogP) is 5.00. The summed E-state index contributed by atoms with van der Waals surface area (Å²) in [5.74, 6) is 1.37. The first-order valence-corrected chi connectivity index (χ1v) is 11.1. The third-order valence-electron chi connectivity index (χ3n) is 4.29. The average Bonchev–Trinajstić information content (AvgIpc) is 3.10. The van der Waals surface area contributed by atoms with Gasteiger partial charge < -0.3 is 10.1 Å². The molecule has 0 fully saturated rings. The number of hydrogen-bond acceptors (Lipinski definition) is 6. The minimum Gasteiger partial charge on any atom is -0.483 e. The molecular weight excluding hydrogens is 434 g/mol. The number of thioether (sulfide) groups is 1. The van der Waals surface area contributed by atoms with Crippen LogP contribution in [-0.4, -0.2) is 31.4 Å². The van der Waals surface area contributed by atoms with E-state index < -0.39 is 0 Å². The van der Waals surface area contributed by atoms with Crippen LogP contribution in [0.3, 0.4) is 0 Å². The molecule has 2 heterocycles. The largest absolute Gasteiger partial charge is 0.483 e. The molecule has 7 nitrogen and oxygen atoms in total. The van der Waals surface area contributed by atoms with E-state index in [-0.39, 0.29) is 22.9 Å². The Morgan fingerprint density at radius 2 is 2.06 bits per heavy atom. The van der Waals surface area contributed by atoms with E-state index in [1.54, 1.807) is 24.4 Å². The molecular formula is C22H24ClN5O2S. The second kappa shape index (κ2) is 10.5. The number of amides is 1. The minimum atomic E-state index is -0.328. The standard InChI is InChI=1S/C22H24ClN5O2S/c1-5-9-28-21(16(4)30-17-11-14(2)10-15(3)12-17)26-27-22(28)31-13-19(29)25-18-7-6-8-24-20(18)23/h5-8,10-12,16H,1,9,13H2,2-4H3,(H,25,29). The van der Waals surface area contributed by atoms with Crippen molar-refractivity contribution in [1.82, 2.24) is 19.7 Å². The molecule has 0 bridgehead atoms. The molecule has 3 aromatic rings. The van der Waals surface area contributed by atoms with Gasteiger partial charge in [-0.1, -0.05) is 35.5 Å². The number of benzene rings is 1. The summed E-state index contributed by atoms with van der Waals surface area (Å²) >= 11 is 7.27. The molecule has 2 aromatic heterocycles. The number of anilines is 1. The van der Waals surface area contributed by atoms with Gasteiger partial charge in [0.15, 0.2) is 22.2 Å². The van der Waals surface area contributed by atoms with Crippen LogP contribution in [0.4, 0.5) is 5.69 Å². The number of carbonyl (C=O) groups is 1. The van der Waals surface area contributed by atoms with Gasteiger partial charge >= 0.3 is 0 Å². The van der Waals surface area contributed by atoms with E-state index in [1.807, 2.05) is 37.5 Å². The zero-order valence-electron chi connectivity index (χ0n) is 17.6. The number of nitrogens with one attached hydrogen (secondary N) is 1. The van der Waals surface area contributed by atoms with Crippen LogP contribution in [-0.2, 0) is 11.3 Å². The van der Waals surface area contributed by atoms with Gasteiger partial charge in [-0.15, -0.1) is 16.8 Å². The molecule has 1 atom stereocenters. The Kier molecular flexibility index (Phi) is 7.70. The number of nitrogens with zero attached hydrogens (tertiary/aromatic N) is 4. The zero-order chi connectivity index (χ0) is 22.4. The first-order chi connectivity index (χ1) is 14.9. The lowest BCUT2D eigenvalue weighted by atomic mass is 10.1. The van der Waals surface area contributed by atoms with Crippen molar-refractivity contribution in [3.05, 3.63) is 71.3 Å². The van der Waals surface area contributed by atoms with Crippen LogP contribution in [0.15, 0.2) is 54.3 Å². The Hall–Kier alpha value is -2.84. The molecule has 1 amide bonds. The van der Waals surface area contributed by atoms with Crippen LogP contribution in [0.5, 0.6) is 5.75 Å². The van der Waals surface area contributed by atoms with E-state index in [0.29, 0.717) is 23.2 Å². The second-order valence-corrected chi connectivity index (χ2v) is 8.30. The molecule has 1 N–H and O–H groups in total. The summed E-state index contributed by atoms with van der Waals surface area (Å²) in [5.41, 5.74) is 2.73. The Labute approximate surface area is 190 Å². The van der Waals surface area contributed by atoms with E-state index in [1.165, 1.54) is 11.8 Å². The molecule has 0 aliphatic heterocycles. The number of aryl methyl sites for hydroxylation is 2. The van der Waals surface area contributed by atoms with Crippen LogP contribution in [0.25, 0.3) is 0 Å². The maximum atomic E-state index is 12.3. The number of ether oxygens (including phenoxy) is 1. The molecule has 162 valence electrons. The Bertz CT molecular complexity index is 1070. The fraction of sp³-hybridized carbons (Fsp3) is 0.273. The van der Waals surface area contributed by atoms with Gasteiger partial charge in [0.2, 0.25) is 5.91 Å². The third kappa shape index (κ3) is 6.08. The summed E-state index contributed by atoms with van der Waals surface area (Å²) in [7, 11) is 0. The van der Waals surface area contributed by atoms with Crippen molar-refractivity contribution in [3.63, 3.8) is 0 Å². The van der Waals surface area contributed by atoms with Gasteiger partial charge in [0.25, 0.3) is 0 Å². The van der Waals surface area contributed by atoms with Crippen molar-refractivity contribution in [3.8, 4) is 5.75 Å². The second-order valence-electron chi connectivity index (χ2n) is 7.00. The van der Waals surface area contributed by atoms with Crippen LogP contribution in [0.2, 0.25) is 5.15 Å². The van der Waals surface area contributed by atoms with Crippen LogP contribution >= 0.6 is 23.4 Å². The van der Waals surface area contributed by atoms with Crippen molar-refractivity contribution in [2.24, 2.45) is 0 Å². The number of carbonyl (C=O) groups excluding carboxylic acids is 1. The van der Waals surface area contributed by atoms with Crippen LogP contribution in [0, 0.1) is 13.8 Å². The summed E-state index contributed by atoms with van der Waals surface area (Å²) < 4.78 is 8.01. The molecule has 1 unspecified atom stereocenters. The summed E-state index contributed by atoms with van der Waals surface area (Å²) in [6, 6.07) is 9.47. The number of hydrogen-bond donors (Lipinski definition) is 1. The van der Waals surface area contributed by atoms with Crippen molar-refractivity contribution in [2.75, 3.05) is 11.1 Å². The molecule has 0 spiro atoms. The molecule has 9 heteroatoms. The van der Waals surface area contributed by atoms with Crippen molar-refractivity contribution in [1.29, 1.82) is 0 Å². The number of aromatic nitrogens is 4. The molecule has 0 radical (unpaired) electrons. The summed E-state index contributed by atoms with van der Waals surface area (Å²) in [6.45, 7) is 10.3. The normalized spacial score (nSPS) is 11.7. The van der Waals surface area contributed by atoms with Gasteiger partial charge in [0, 0.05) is 12.7 Å². The van der Waals surface area contributed by atoms with E-state index >= 15 is 0 Å². The van der Waals surface area contributed by atoms with E-state index in [9.17, 15) is 4.79 Å². The molecule has 0 saturated heterocycles. The number of pyridine rings is 1. The van der Waals surface area contributed by atoms with E-state index in [2.05, 4.69) is 33.1 Å². The number of allylic oxidation sites excluding steroid dienone is 1. The quantitative estimate of drug-likeness (QED) is 0.276. The Morgan fingerprint density at radius 1 is 1.32 bits per heavy atom. The Balaban J connectivity index is 1.70. The topological polar surface area (TPSA) is 81.9 Å².